The highest BCUT2D eigenvalue weighted by atomic mass is 16.5. The van der Waals surface area contributed by atoms with Crippen LogP contribution in [0.25, 0.3) is 0 Å². The monoisotopic (exact) mass is 193 g/mol. The lowest BCUT2D eigenvalue weighted by Crippen LogP contribution is -2.00. The third-order valence-corrected chi connectivity index (χ3v) is 2.48. The SMILES string of the molecule is COc1ccnc([C@@H]2C[C@H]2C(=O)O)c1. The Bertz CT molecular complexity index is 364. The molecule has 1 heterocycles. The average molecular weight is 193 g/mol. The van der Waals surface area contributed by atoms with Gasteiger partial charge in [0.15, 0.2) is 0 Å². The molecule has 0 amide bonds. The highest BCUT2D eigenvalue weighted by molar-refractivity contribution is 5.75. The van der Waals surface area contributed by atoms with Crippen LogP contribution in [0.4, 0.5) is 0 Å². The second-order valence-corrected chi connectivity index (χ2v) is 3.41. The molecule has 1 aliphatic rings. The molecule has 4 nitrogen and oxygen atoms in total. The van der Waals surface area contributed by atoms with Gasteiger partial charge in [-0.15, -0.1) is 0 Å². The number of pyridine rings is 1. The Morgan fingerprint density at radius 3 is 3.07 bits per heavy atom. The van der Waals surface area contributed by atoms with Gasteiger partial charge in [0.05, 0.1) is 13.0 Å². The van der Waals surface area contributed by atoms with Crippen LogP contribution in [0, 0.1) is 5.92 Å². The molecule has 1 saturated carbocycles. The summed E-state index contributed by atoms with van der Waals surface area (Å²) >= 11 is 0. The Kier molecular flexibility index (Phi) is 2.11. The van der Waals surface area contributed by atoms with E-state index in [0.717, 1.165) is 11.4 Å². The fourth-order valence-electron chi connectivity index (χ4n) is 1.55. The number of ether oxygens (including phenoxy) is 1. The van der Waals surface area contributed by atoms with Crippen molar-refractivity contribution in [3.63, 3.8) is 0 Å². The van der Waals surface area contributed by atoms with Gasteiger partial charge in [0, 0.05) is 23.9 Å². The van der Waals surface area contributed by atoms with Crippen molar-refractivity contribution in [2.75, 3.05) is 7.11 Å². The zero-order valence-corrected chi connectivity index (χ0v) is 7.80. The topological polar surface area (TPSA) is 59.4 Å². The molecule has 1 N–H and O–H groups in total. The summed E-state index contributed by atoms with van der Waals surface area (Å²) in [6.07, 6.45) is 2.33. The molecule has 0 radical (unpaired) electrons. The second-order valence-electron chi connectivity index (χ2n) is 3.41. The van der Waals surface area contributed by atoms with E-state index in [9.17, 15) is 4.79 Å². The summed E-state index contributed by atoms with van der Waals surface area (Å²) in [6.45, 7) is 0. The van der Waals surface area contributed by atoms with Crippen molar-refractivity contribution in [1.29, 1.82) is 0 Å². The fourth-order valence-corrected chi connectivity index (χ4v) is 1.55. The smallest absolute Gasteiger partial charge is 0.307 e. The third-order valence-electron chi connectivity index (χ3n) is 2.48. The van der Waals surface area contributed by atoms with E-state index in [-0.39, 0.29) is 11.8 Å². The summed E-state index contributed by atoms with van der Waals surface area (Å²) in [6, 6.07) is 3.55. The molecular formula is C10H11NO3. The summed E-state index contributed by atoms with van der Waals surface area (Å²) in [7, 11) is 1.58. The van der Waals surface area contributed by atoms with Crippen molar-refractivity contribution in [2.24, 2.45) is 5.92 Å². The molecule has 0 bridgehead atoms. The molecule has 74 valence electrons. The lowest BCUT2D eigenvalue weighted by Gasteiger charge is -2.01. The number of nitrogens with zero attached hydrogens (tertiary/aromatic N) is 1. The molecule has 0 saturated heterocycles. The Hall–Kier alpha value is -1.58. The number of carboxylic acid groups (broad SMARTS) is 1. The van der Waals surface area contributed by atoms with Gasteiger partial charge in [-0.2, -0.15) is 0 Å². The molecule has 1 aromatic rings. The zero-order valence-electron chi connectivity index (χ0n) is 7.80. The zero-order chi connectivity index (χ0) is 10.1. The quantitative estimate of drug-likeness (QED) is 0.785. The number of hydrogen-bond acceptors (Lipinski definition) is 3. The minimum Gasteiger partial charge on any atom is -0.497 e. The van der Waals surface area contributed by atoms with Gasteiger partial charge < -0.3 is 9.84 Å². The molecule has 4 heteroatoms. The number of carbonyl (C=O) groups is 1. The standard InChI is InChI=1S/C10H11NO3/c1-14-6-2-3-11-9(4-6)7-5-8(7)10(12)13/h2-4,7-8H,5H2,1H3,(H,12,13)/t7-,8-/m1/s1. The van der Waals surface area contributed by atoms with Crippen molar-refractivity contribution >= 4 is 5.97 Å². The molecule has 1 fully saturated rings. The van der Waals surface area contributed by atoms with Crippen molar-refractivity contribution in [2.45, 2.75) is 12.3 Å². The van der Waals surface area contributed by atoms with Crippen LogP contribution in [-0.4, -0.2) is 23.2 Å². The molecule has 0 unspecified atom stereocenters. The molecule has 1 aromatic heterocycles. The van der Waals surface area contributed by atoms with Gasteiger partial charge in [-0.3, -0.25) is 9.78 Å². The number of rotatable bonds is 3. The fraction of sp³-hybridized carbons (Fsp3) is 0.400. The molecule has 2 atom stereocenters. The van der Waals surface area contributed by atoms with E-state index in [1.54, 1.807) is 25.4 Å². The van der Waals surface area contributed by atoms with E-state index in [4.69, 9.17) is 9.84 Å². The Morgan fingerprint density at radius 2 is 2.50 bits per heavy atom. The van der Waals surface area contributed by atoms with Crippen molar-refractivity contribution in [1.82, 2.24) is 4.98 Å². The van der Waals surface area contributed by atoms with E-state index < -0.39 is 5.97 Å². The van der Waals surface area contributed by atoms with Crippen LogP contribution in [-0.2, 0) is 4.79 Å². The Morgan fingerprint density at radius 1 is 1.71 bits per heavy atom. The van der Waals surface area contributed by atoms with Gasteiger partial charge in [-0.05, 0) is 12.5 Å². The Labute approximate surface area is 81.5 Å². The maximum Gasteiger partial charge on any atom is 0.307 e. The van der Waals surface area contributed by atoms with Crippen LogP contribution in [0.2, 0.25) is 0 Å². The van der Waals surface area contributed by atoms with Crippen molar-refractivity contribution < 1.29 is 14.6 Å². The highest BCUT2D eigenvalue weighted by Gasteiger charge is 2.45. The van der Waals surface area contributed by atoms with Crippen LogP contribution in [0.3, 0.4) is 0 Å². The van der Waals surface area contributed by atoms with Crippen LogP contribution < -0.4 is 4.74 Å². The first-order valence-electron chi connectivity index (χ1n) is 4.45. The van der Waals surface area contributed by atoms with Gasteiger partial charge in [0.25, 0.3) is 0 Å². The number of aromatic nitrogens is 1. The average Bonchev–Trinajstić information content (AvgIpc) is 2.97. The maximum atomic E-state index is 10.6. The normalized spacial score (nSPS) is 24.4. The van der Waals surface area contributed by atoms with Gasteiger partial charge >= 0.3 is 5.97 Å². The van der Waals surface area contributed by atoms with E-state index in [1.165, 1.54) is 0 Å². The Balaban J connectivity index is 2.15. The maximum absolute atomic E-state index is 10.6. The van der Waals surface area contributed by atoms with Crippen LogP contribution in [0.5, 0.6) is 5.75 Å². The molecule has 2 rings (SSSR count). The van der Waals surface area contributed by atoms with Crippen LogP contribution in [0.15, 0.2) is 18.3 Å². The molecule has 0 aliphatic heterocycles. The minimum absolute atomic E-state index is 0.0719. The number of methoxy groups -OCH3 is 1. The lowest BCUT2D eigenvalue weighted by atomic mass is 10.2. The first kappa shape index (κ1) is 8.99. The van der Waals surface area contributed by atoms with E-state index in [2.05, 4.69) is 4.98 Å². The van der Waals surface area contributed by atoms with E-state index >= 15 is 0 Å². The van der Waals surface area contributed by atoms with E-state index in [0.29, 0.717) is 6.42 Å². The van der Waals surface area contributed by atoms with Gasteiger partial charge in [-0.1, -0.05) is 0 Å². The first-order chi connectivity index (χ1) is 6.72. The lowest BCUT2D eigenvalue weighted by molar-refractivity contribution is -0.138. The van der Waals surface area contributed by atoms with Gasteiger partial charge in [0.1, 0.15) is 5.75 Å². The summed E-state index contributed by atoms with van der Waals surface area (Å²) in [4.78, 5) is 14.8. The summed E-state index contributed by atoms with van der Waals surface area (Å²) in [5.41, 5.74) is 0.816. The molecule has 0 spiro atoms. The predicted octanol–water partition coefficient (Wildman–Crippen LogP) is 1.28. The molecular weight excluding hydrogens is 182 g/mol. The molecule has 1 aliphatic carbocycles. The highest BCUT2D eigenvalue weighted by Crippen LogP contribution is 2.47. The van der Waals surface area contributed by atoms with E-state index in [1.807, 2.05) is 0 Å². The molecule has 0 aromatic carbocycles. The van der Waals surface area contributed by atoms with Gasteiger partial charge in [0.2, 0.25) is 0 Å². The largest absolute Gasteiger partial charge is 0.497 e. The second kappa shape index (κ2) is 3.29. The first-order valence-corrected chi connectivity index (χ1v) is 4.45. The number of hydrogen-bond donors (Lipinski definition) is 1. The van der Waals surface area contributed by atoms with Gasteiger partial charge in [-0.25, -0.2) is 0 Å². The van der Waals surface area contributed by atoms with Crippen molar-refractivity contribution in [3.05, 3.63) is 24.0 Å². The van der Waals surface area contributed by atoms with Crippen molar-refractivity contribution in [3.8, 4) is 5.75 Å². The summed E-state index contributed by atoms with van der Waals surface area (Å²) < 4.78 is 5.04. The number of carboxylic acids is 1. The third kappa shape index (κ3) is 1.55. The predicted molar refractivity (Wildman–Crippen MR) is 49.3 cm³/mol. The van der Waals surface area contributed by atoms with Crippen LogP contribution in [0.1, 0.15) is 18.0 Å². The number of aliphatic carboxylic acids is 1. The van der Waals surface area contributed by atoms with Crippen LogP contribution >= 0.6 is 0 Å². The summed E-state index contributed by atoms with van der Waals surface area (Å²) in [5.74, 6) is -0.192. The minimum atomic E-state index is -0.736. The molecule has 14 heavy (non-hydrogen) atoms. The summed E-state index contributed by atoms with van der Waals surface area (Å²) in [5, 5.41) is 8.75.